The van der Waals surface area contributed by atoms with Crippen molar-refractivity contribution < 1.29 is 18.3 Å². The first-order chi connectivity index (χ1) is 19.8. The molecule has 0 aromatic heterocycles. The zero-order valence-electron chi connectivity index (χ0n) is 23.7. The summed E-state index contributed by atoms with van der Waals surface area (Å²) in [6.07, 6.45) is 5.82. The van der Waals surface area contributed by atoms with Crippen LogP contribution in [0.15, 0.2) is 108 Å². The molecule has 4 rings (SSSR count). The van der Waals surface area contributed by atoms with Gasteiger partial charge in [0.25, 0.3) is 0 Å². The fourth-order valence-corrected chi connectivity index (χ4v) is 6.60. The van der Waals surface area contributed by atoms with E-state index < -0.39 is 16.1 Å². The standard InChI is InChI=1S/C33H41N3O4S/c1-34(41(39,40)32-17-9-4-10-18-32)27-31(30-15-7-3-8-16-30)21-25-35-23-19-28(20-24-35)14-11-22-36(33(37)38)26-29-12-5-2-6-13-29/h2-18,28,31H,19-27H2,1H3,(H,37,38)/p-1/t31-/m1/s1. The molecule has 3 aromatic carbocycles. The fourth-order valence-electron chi connectivity index (χ4n) is 5.36. The lowest BCUT2D eigenvalue weighted by Crippen LogP contribution is -2.40. The van der Waals surface area contributed by atoms with Gasteiger partial charge in [0.1, 0.15) is 6.09 Å². The summed E-state index contributed by atoms with van der Waals surface area (Å²) in [6.45, 7) is 3.86. The van der Waals surface area contributed by atoms with E-state index in [-0.39, 0.29) is 5.92 Å². The quantitative estimate of drug-likeness (QED) is 0.279. The van der Waals surface area contributed by atoms with Crippen molar-refractivity contribution in [2.24, 2.45) is 5.92 Å². The molecule has 0 unspecified atom stereocenters. The Balaban J connectivity index is 1.28. The number of carbonyl (C=O) groups is 1. The average Bonchev–Trinajstić information content (AvgIpc) is 3.00. The highest BCUT2D eigenvalue weighted by Gasteiger charge is 2.25. The molecule has 1 atom stereocenters. The lowest BCUT2D eigenvalue weighted by Gasteiger charge is -2.32. The van der Waals surface area contributed by atoms with Crippen molar-refractivity contribution in [1.82, 2.24) is 14.1 Å². The van der Waals surface area contributed by atoms with Crippen molar-refractivity contribution in [2.45, 2.75) is 36.6 Å². The summed E-state index contributed by atoms with van der Waals surface area (Å²) < 4.78 is 27.8. The van der Waals surface area contributed by atoms with Crippen LogP contribution >= 0.6 is 0 Å². The van der Waals surface area contributed by atoms with Crippen molar-refractivity contribution in [1.29, 1.82) is 0 Å². The lowest BCUT2D eigenvalue weighted by atomic mass is 9.93. The van der Waals surface area contributed by atoms with Gasteiger partial charge in [0.15, 0.2) is 0 Å². The van der Waals surface area contributed by atoms with Crippen LogP contribution in [0.2, 0.25) is 0 Å². The summed E-state index contributed by atoms with van der Waals surface area (Å²) in [5.41, 5.74) is 2.09. The minimum atomic E-state index is -3.56. The number of likely N-dealkylation sites (tertiary alicyclic amines) is 1. The second-order valence-corrected chi connectivity index (χ2v) is 12.8. The van der Waals surface area contributed by atoms with E-state index in [2.05, 4.69) is 23.1 Å². The van der Waals surface area contributed by atoms with Gasteiger partial charge in [0.05, 0.1) is 4.90 Å². The molecule has 0 radical (unpaired) electrons. The van der Waals surface area contributed by atoms with Crippen molar-refractivity contribution in [3.63, 3.8) is 0 Å². The number of hydrogen-bond acceptors (Lipinski definition) is 5. The summed E-state index contributed by atoms with van der Waals surface area (Å²) in [5.74, 6) is 0.496. The van der Waals surface area contributed by atoms with Crippen LogP contribution in [0.5, 0.6) is 0 Å². The van der Waals surface area contributed by atoms with Crippen LogP contribution < -0.4 is 5.11 Å². The number of benzene rings is 3. The van der Waals surface area contributed by atoms with E-state index in [0.717, 1.165) is 50.0 Å². The monoisotopic (exact) mass is 574 g/mol. The van der Waals surface area contributed by atoms with Crippen LogP contribution in [0.4, 0.5) is 4.79 Å². The van der Waals surface area contributed by atoms with Gasteiger partial charge in [-0.2, -0.15) is 0 Å². The highest BCUT2D eigenvalue weighted by molar-refractivity contribution is 7.89. The zero-order valence-corrected chi connectivity index (χ0v) is 24.5. The van der Waals surface area contributed by atoms with Crippen LogP contribution in [0.3, 0.4) is 0 Å². The molecule has 0 N–H and O–H groups in total. The average molecular weight is 575 g/mol. The molecule has 0 bridgehead atoms. The van der Waals surface area contributed by atoms with Gasteiger partial charge in [-0.3, -0.25) is 0 Å². The number of amides is 1. The largest absolute Gasteiger partial charge is 0.530 e. The minimum absolute atomic E-state index is 0.0810. The molecule has 1 heterocycles. The lowest BCUT2D eigenvalue weighted by molar-refractivity contribution is -0.265. The molecule has 1 fully saturated rings. The second kappa shape index (κ2) is 15.0. The number of likely N-dealkylation sites (N-methyl/N-ethyl adjacent to an activating group) is 1. The Morgan fingerprint density at radius 1 is 0.951 bits per heavy atom. The van der Waals surface area contributed by atoms with Crippen molar-refractivity contribution in [2.75, 3.05) is 39.8 Å². The maximum Gasteiger partial charge on any atom is 0.242 e. The summed E-state index contributed by atoms with van der Waals surface area (Å²) in [5, 5.41) is 11.6. The number of carboxylic acid groups (broad SMARTS) is 1. The van der Waals surface area contributed by atoms with Crippen LogP contribution in [0, 0.1) is 5.92 Å². The van der Waals surface area contributed by atoms with Gasteiger partial charge in [-0.15, -0.1) is 0 Å². The van der Waals surface area contributed by atoms with Gasteiger partial charge in [-0.1, -0.05) is 91.0 Å². The van der Waals surface area contributed by atoms with Gasteiger partial charge in [0, 0.05) is 26.7 Å². The fraction of sp³-hybridized carbons (Fsp3) is 0.364. The van der Waals surface area contributed by atoms with Gasteiger partial charge in [0.2, 0.25) is 10.0 Å². The smallest absolute Gasteiger partial charge is 0.242 e. The first-order valence-corrected chi connectivity index (χ1v) is 15.7. The van der Waals surface area contributed by atoms with Crippen molar-refractivity contribution >= 4 is 16.1 Å². The SMILES string of the molecule is CN(C[C@@H](CCN1CCC(C=CCN(Cc2ccccc2)C(=O)[O-])CC1)c1ccccc1)S(=O)(=O)c1ccccc1. The van der Waals surface area contributed by atoms with Gasteiger partial charge in [-0.25, -0.2) is 12.7 Å². The van der Waals surface area contributed by atoms with Crippen LogP contribution in [0.1, 0.15) is 36.3 Å². The molecule has 1 aliphatic rings. The molecular formula is C33H40N3O4S-. The Bertz CT molecular complexity index is 1340. The molecule has 8 heteroatoms. The molecule has 1 aliphatic heterocycles. The number of rotatable bonds is 13. The zero-order chi connectivity index (χ0) is 29.1. The topological polar surface area (TPSA) is 84.0 Å². The predicted molar refractivity (Wildman–Crippen MR) is 161 cm³/mol. The number of nitrogens with zero attached hydrogens (tertiary/aromatic N) is 3. The Labute approximate surface area is 244 Å². The van der Waals surface area contributed by atoms with Crippen LogP contribution in [-0.4, -0.2) is 68.4 Å². The van der Waals surface area contributed by atoms with Gasteiger partial charge < -0.3 is 19.7 Å². The number of piperidine rings is 1. The molecule has 3 aromatic rings. The molecular weight excluding hydrogens is 534 g/mol. The Morgan fingerprint density at radius 3 is 2.15 bits per heavy atom. The van der Waals surface area contributed by atoms with Gasteiger partial charge >= 0.3 is 0 Å². The second-order valence-electron chi connectivity index (χ2n) is 10.7. The van der Waals surface area contributed by atoms with E-state index in [1.807, 2.05) is 60.7 Å². The summed E-state index contributed by atoms with van der Waals surface area (Å²) in [4.78, 5) is 15.7. The van der Waals surface area contributed by atoms with E-state index in [1.54, 1.807) is 31.3 Å². The van der Waals surface area contributed by atoms with E-state index in [0.29, 0.717) is 30.4 Å². The van der Waals surface area contributed by atoms with Crippen molar-refractivity contribution in [3.05, 3.63) is 114 Å². The third-order valence-corrected chi connectivity index (χ3v) is 9.67. The van der Waals surface area contributed by atoms with Crippen molar-refractivity contribution in [3.8, 4) is 0 Å². The third kappa shape index (κ3) is 9.01. The highest BCUT2D eigenvalue weighted by atomic mass is 32.2. The number of allylic oxidation sites excluding steroid dienone is 1. The van der Waals surface area contributed by atoms with Crippen LogP contribution in [0.25, 0.3) is 0 Å². The molecule has 7 nitrogen and oxygen atoms in total. The minimum Gasteiger partial charge on any atom is -0.530 e. The van der Waals surface area contributed by atoms with E-state index in [9.17, 15) is 18.3 Å². The Kier molecular flexibility index (Phi) is 11.1. The normalized spacial score (nSPS) is 15.8. The molecule has 0 aliphatic carbocycles. The Hall–Kier alpha value is -3.46. The predicted octanol–water partition coefficient (Wildman–Crippen LogP) is 4.59. The summed E-state index contributed by atoms with van der Waals surface area (Å²) >= 11 is 0. The third-order valence-electron chi connectivity index (χ3n) is 7.83. The van der Waals surface area contributed by atoms with Gasteiger partial charge in [-0.05, 0) is 74.0 Å². The Morgan fingerprint density at radius 2 is 1.54 bits per heavy atom. The molecule has 218 valence electrons. The maximum atomic E-state index is 13.2. The molecule has 41 heavy (non-hydrogen) atoms. The number of carbonyl (C=O) groups excluding carboxylic acids is 1. The number of hydrogen-bond donors (Lipinski definition) is 0. The maximum absolute atomic E-state index is 13.2. The molecule has 0 spiro atoms. The summed E-state index contributed by atoms with van der Waals surface area (Å²) in [7, 11) is -1.90. The summed E-state index contributed by atoms with van der Waals surface area (Å²) in [6, 6.07) is 28.3. The number of sulfonamides is 1. The molecule has 0 saturated carbocycles. The van der Waals surface area contributed by atoms with Crippen LogP contribution in [-0.2, 0) is 16.6 Å². The first-order valence-electron chi connectivity index (χ1n) is 14.3. The van der Waals surface area contributed by atoms with E-state index in [1.165, 1.54) is 9.21 Å². The molecule has 1 saturated heterocycles. The highest BCUT2D eigenvalue weighted by Crippen LogP contribution is 2.26. The van der Waals surface area contributed by atoms with E-state index >= 15 is 0 Å². The molecule has 1 amide bonds. The first kappa shape index (κ1) is 30.5. The van der Waals surface area contributed by atoms with E-state index in [4.69, 9.17) is 0 Å².